The largest absolute Gasteiger partial charge is 0.507 e. The number of halogens is 1. The highest BCUT2D eigenvalue weighted by molar-refractivity contribution is 7.99. The second-order valence-electron chi connectivity index (χ2n) is 4.69. The number of carbonyl (C=O) groups excluding carboxylic acids is 1. The molecule has 7 nitrogen and oxygen atoms in total. The smallest absolute Gasteiger partial charge is 0.273 e. The first-order valence-corrected chi connectivity index (χ1v) is 8.30. The molecule has 126 valence electrons. The molecule has 0 spiro atoms. The highest BCUT2D eigenvalue weighted by atomic mass is 35.5. The van der Waals surface area contributed by atoms with E-state index in [1.54, 1.807) is 25.3 Å². The third-order valence-electron chi connectivity index (χ3n) is 3.05. The quantitative estimate of drug-likeness (QED) is 0.427. The van der Waals surface area contributed by atoms with Gasteiger partial charge in [-0.05, 0) is 43.1 Å². The van der Waals surface area contributed by atoms with Gasteiger partial charge < -0.3 is 5.11 Å². The Bertz CT molecular complexity index is 785. The number of carbonyl (C=O) groups is 1. The van der Waals surface area contributed by atoms with Gasteiger partial charge in [-0.15, -0.1) is 0 Å². The van der Waals surface area contributed by atoms with Crippen molar-refractivity contribution < 1.29 is 15.1 Å². The molecule has 3 N–H and O–H groups in total. The number of phenolic OH excluding ortho intramolecular Hbond substituents is 1. The fraction of sp³-hybridized carbons (Fsp3) is 0.133. The Labute approximate surface area is 148 Å². The monoisotopic (exact) mass is 366 g/mol. The average Bonchev–Trinajstić information content (AvgIpc) is 2.60. The summed E-state index contributed by atoms with van der Waals surface area (Å²) in [6.45, 7) is 1.63. The molecule has 24 heavy (non-hydrogen) atoms. The van der Waals surface area contributed by atoms with Gasteiger partial charge in [0.15, 0.2) is 0 Å². The number of anilines is 1. The number of hydrogen-bond donors (Lipinski definition) is 3. The van der Waals surface area contributed by atoms with E-state index >= 15 is 0 Å². The fourth-order valence-electron chi connectivity index (χ4n) is 1.82. The van der Waals surface area contributed by atoms with Gasteiger partial charge in [-0.2, -0.15) is 9.57 Å². The summed E-state index contributed by atoms with van der Waals surface area (Å²) in [7, 11) is 0. The summed E-state index contributed by atoms with van der Waals surface area (Å²) < 4.78 is 0.891. The van der Waals surface area contributed by atoms with Gasteiger partial charge in [-0.1, -0.05) is 11.6 Å². The lowest BCUT2D eigenvalue weighted by molar-refractivity contribution is 0.0954. The summed E-state index contributed by atoms with van der Waals surface area (Å²) in [5.41, 5.74) is 3.77. The van der Waals surface area contributed by atoms with Gasteiger partial charge in [0.05, 0.1) is 23.2 Å². The van der Waals surface area contributed by atoms with Crippen LogP contribution < -0.4 is 9.89 Å². The molecule has 1 aromatic heterocycles. The summed E-state index contributed by atoms with van der Waals surface area (Å²) >= 11 is 6.95. The fourth-order valence-corrected chi connectivity index (χ4v) is 2.30. The first-order valence-electron chi connectivity index (χ1n) is 6.74. The average molecular weight is 367 g/mol. The van der Waals surface area contributed by atoms with Crippen LogP contribution in [0.1, 0.15) is 22.8 Å². The Hall–Kier alpha value is -2.29. The topological polar surface area (TPSA) is 98.0 Å². The van der Waals surface area contributed by atoms with Crippen molar-refractivity contribution in [3.05, 3.63) is 52.8 Å². The third kappa shape index (κ3) is 4.38. The summed E-state index contributed by atoms with van der Waals surface area (Å²) in [4.78, 5) is 16.0. The first kappa shape index (κ1) is 18.1. The molecule has 0 saturated carbocycles. The number of aromatic nitrogens is 1. The van der Waals surface area contributed by atoms with E-state index in [-0.39, 0.29) is 11.3 Å². The number of hydrazone groups is 1. The molecule has 0 bridgehead atoms. The summed E-state index contributed by atoms with van der Waals surface area (Å²) in [6, 6.07) is 6.02. The maximum absolute atomic E-state index is 12.1. The van der Waals surface area contributed by atoms with Gasteiger partial charge in [-0.3, -0.25) is 15.0 Å². The van der Waals surface area contributed by atoms with Gasteiger partial charge in [0, 0.05) is 23.0 Å². The van der Waals surface area contributed by atoms with E-state index < -0.39 is 5.91 Å². The molecular formula is C15H15ClN4O3S. The third-order valence-corrected chi connectivity index (χ3v) is 3.85. The Kier molecular flexibility index (Phi) is 6.02. The van der Waals surface area contributed by atoms with Crippen molar-refractivity contribution in [2.45, 2.75) is 6.92 Å². The Morgan fingerprint density at radius 1 is 1.38 bits per heavy atom. The van der Waals surface area contributed by atoms with Crippen molar-refractivity contribution in [2.24, 2.45) is 5.10 Å². The van der Waals surface area contributed by atoms with Crippen LogP contribution in [0.15, 0.2) is 41.8 Å². The van der Waals surface area contributed by atoms with E-state index in [2.05, 4.69) is 15.5 Å². The SMILES string of the molecule is CSN(O)c1cncc(C(=O)N/N=C(\C)c2cc(Cl)ccc2O)c1. The molecule has 0 radical (unpaired) electrons. The maximum Gasteiger partial charge on any atom is 0.273 e. The summed E-state index contributed by atoms with van der Waals surface area (Å²) in [5, 5.41) is 23.8. The van der Waals surface area contributed by atoms with Crippen LogP contribution in [0.2, 0.25) is 5.02 Å². The molecule has 2 rings (SSSR count). The normalized spacial score (nSPS) is 11.2. The maximum atomic E-state index is 12.1. The van der Waals surface area contributed by atoms with Crippen LogP contribution in [0.5, 0.6) is 5.75 Å². The minimum atomic E-state index is -0.500. The Balaban J connectivity index is 2.16. The van der Waals surface area contributed by atoms with E-state index in [1.165, 1.54) is 24.5 Å². The number of nitrogens with zero attached hydrogens (tertiary/aromatic N) is 3. The predicted molar refractivity (Wildman–Crippen MR) is 94.8 cm³/mol. The van der Waals surface area contributed by atoms with Crippen molar-refractivity contribution in [3.63, 3.8) is 0 Å². The van der Waals surface area contributed by atoms with E-state index in [9.17, 15) is 15.1 Å². The molecule has 0 unspecified atom stereocenters. The van der Waals surface area contributed by atoms with Gasteiger partial charge in [0.1, 0.15) is 5.75 Å². The summed E-state index contributed by atoms with van der Waals surface area (Å²) in [6.07, 6.45) is 4.46. The van der Waals surface area contributed by atoms with E-state index in [4.69, 9.17) is 11.6 Å². The van der Waals surface area contributed by atoms with Gasteiger partial charge in [0.25, 0.3) is 5.91 Å². The molecule has 0 aliphatic heterocycles. The second kappa shape index (κ2) is 8.00. The lowest BCUT2D eigenvalue weighted by atomic mass is 10.1. The number of rotatable bonds is 5. The second-order valence-corrected chi connectivity index (χ2v) is 5.83. The lowest BCUT2D eigenvalue weighted by Gasteiger charge is -2.12. The molecule has 0 atom stereocenters. The van der Waals surface area contributed by atoms with Gasteiger partial charge in [0.2, 0.25) is 0 Å². The molecule has 1 heterocycles. The van der Waals surface area contributed by atoms with Crippen LogP contribution in [-0.2, 0) is 0 Å². The standard InChI is InChI=1S/C15H15ClN4O3S/c1-9(13-6-11(16)3-4-14(13)21)18-19-15(22)10-5-12(8-17-7-10)20(23)24-2/h3-8,21,23H,1-2H3,(H,19,22)/b18-9+. The number of nitrogens with one attached hydrogen (secondary N) is 1. The zero-order chi connectivity index (χ0) is 17.7. The first-order chi connectivity index (χ1) is 11.4. The van der Waals surface area contributed by atoms with E-state index in [0.717, 1.165) is 16.4 Å². The van der Waals surface area contributed by atoms with Gasteiger partial charge in [-0.25, -0.2) is 5.43 Å². The number of benzene rings is 1. The van der Waals surface area contributed by atoms with Crippen molar-refractivity contribution >= 4 is 40.9 Å². The molecule has 1 amide bonds. The van der Waals surface area contributed by atoms with Crippen molar-refractivity contribution in [2.75, 3.05) is 10.7 Å². The highest BCUT2D eigenvalue weighted by Crippen LogP contribution is 2.22. The van der Waals surface area contributed by atoms with Crippen molar-refractivity contribution in [3.8, 4) is 5.75 Å². The van der Waals surface area contributed by atoms with Crippen LogP contribution in [0.4, 0.5) is 5.69 Å². The van der Waals surface area contributed by atoms with Crippen LogP contribution in [0, 0.1) is 0 Å². The summed E-state index contributed by atoms with van der Waals surface area (Å²) in [5.74, 6) is -0.492. The number of amides is 1. The molecule has 9 heteroatoms. The molecule has 0 saturated heterocycles. The van der Waals surface area contributed by atoms with Crippen LogP contribution in [-0.4, -0.2) is 33.2 Å². The van der Waals surface area contributed by atoms with Crippen LogP contribution >= 0.6 is 23.5 Å². The van der Waals surface area contributed by atoms with E-state index in [0.29, 0.717) is 22.0 Å². The molecular weight excluding hydrogens is 352 g/mol. The number of phenols is 1. The Morgan fingerprint density at radius 3 is 2.83 bits per heavy atom. The number of aromatic hydroxyl groups is 1. The van der Waals surface area contributed by atoms with Crippen LogP contribution in [0.25, 0.3) is 0 Å². The molecule has 1 aromatic carbocycles. The lowest BCUT2D eigenvalue weighted by Crippen LogP contribution is -2.20. The minimum absolute atomic E-state index is 0.00876. The van der Waals surface area contributed by atoms with Crippen molar-refractivity contribution in [1.29, 1.82) is 0 Å². The highest BCUT2D eigenvalue weighted by Gasteiger charge is 2.10. The van der Waals surface area contributed by atoms with Crippen LogP contribution in [0.3, 0.4) is 0 Å². The molecule has 2 aromatic rings. The van der Waals surface area contributed by atoms with Crippen molar-refractivity contribution in [1.82, 2.24) is 10.4 Å². The number of pyridine rings is 1. The zero-order valence-corrected chi connectivity index (χ0v) is 14.5. The zero-order valence-electron chi connectivity index (χ0n) is 12.9. The predicted octanol–water partition coefficient (Wildman–Crippen LogP) is 3.07. The number of hydrogen-bond acceptors (Lipinski definition) is 7. The van der Waals surface area contributed by atoms with Gasteiger partial charge >= 0.3 is 0 Å². The molecule has 0 aliphatic rings. The molecule has 0 fully saturated rings. The molecule has 0 aliphatic carbocycles. The van der Waals surface area contributed by atoms with E-state index in [1.807, 2.05) is 0 Å². The Morgan fingerprint density at radius 2 is 2.12 bits per heavy atom. The minimum Gasteiger partial charge on any atom is -0.507 e.